The molecule has 0 radical (unpaired) electrons. The first-order valence-corrected chi connectivity index (χ1v) is 23.4. The smallest absolute Gasteiger partial charge is 0.311 e. The summed E-state index contributed by atoms with van der Waals surface area (Å²) < 4.78 is 16.3. The molecule has 10 nitrogen and oxygen atoms in total. The second kappa shape index (κ2) is 25.3. The van der Waals surface area contributed by atoms with Gasteiger partial charge >= 0.3 is 17.9 Å². The van der Waals surface area contributed by atoms with Gasteiger partial charge in [-0.2, -0.15) is 0 Å². The summed E-state index contributed by atoms with van der Waals surface area (Å²) in [5.74, 6) is -1.91. The number of ketones is 2. The maximum absolute atomic E-state index is 13.4. The van der Waals surface area contributed by atoms with Gasteiger partial charge in [0, 0.05) is 25.8 Å². The minimum atomic E-state index is -0.955. The second-order valence-corrected chi connectivity index (χ2v) is 19.1. The molecule has 2 aromatic carbocycles. The highest BCUT2D eigenvalue weighted by atomic mass is 16.6. The molecule has 2 aromatic rings. The van der Waals surface area contributed by atoms with E-state index in [1.165, 1.54) is 25.1 Å². The maximum Gasteiger partial charge on any atom is 0.311 e. The number of phenols is 2. The Kier molecular flexibility index (Phi) is 20.0. The van der Waals surface area contributed by atoms with Crippen molar-refractivity contribution in [2.45, 2.75) is 114 Å². The number of phenolic OH excluding ortho intramolecular Hbond substituents is 2. The average molecular weight is 949 g/mol. The Labute approximate surface area is 413 Å². The van der Waals surface area contributed by atoms with Crippen LogP contribution < -0.4 is 4.74 Å². The monoisotopic (exact) mass is 948 g/mol. The molecule has 4 rings (SSSR count). The number of Topliss-reactive ketones (excluding diaryl/α,β-unsaturated/α-hetero) is 2. The highest BCUT2D eigenvalue weighted by Crippen LogP contribution is 2.42. The average Bonchev–Trinajstić information content (AvgIpc) is 3.27. The van der Waals surface area contributed by atoms with Crippen molar-refractivity contribution in [3.63, 3.8) is 0 Å². The highest BCUT2D eigenvalue weighted by molar-refractivity contribution is 6.02. The van der Waals surface area contributed by atoms with Crippen LogP contribution in [-0.4, -0.2) is 51.9 Å². The third-order valence-electron chi connectivity index (χ3n) is 11.9. The lowest BCUT2D eigenvalue weighted by molar-refractivity contribution is -0.157. The van der Waals surface area contributed by atoms with Crippen LogP contribution in [0.15, 0.2) is 172 Å². The summed E-state index contributed by atoms with van der Waals surface area (Å²) in [6.45, 7) is 21.1. The molecule has 2 aliphatic carbocycles. The van der Waals surface area contributed by atoms with Crippen molar-refractivity contribution in [2.24, 2.45) is 10.8 Å². The lowest BCUT2D eigenvalue weighted by Gasteiger charge is -2.36. The SMILES string of the molecule is CC(=O)OC1CC(C)(C)C(C=CC(C)=CC=CC(C)=CC=CC=C(C)C=CC=C(C)C=CC2=C(C)C(=O)C(OC(=O)CCC(=O)Oc3ccc(C=Cc4cc(O)cc(O)c4)cc3)CC2(C)C)=C(C)C1=O. The normalized spacial score (nSPS) is 19.5. The van der Waals surface area contributed by atoms with Crippen LogP contribution in [0.25, 0.3) is 12.2 Å². The van der Waals surface area contributed by atoms with E-state index in [0.717, 1.165) is 39.0 Å². The lowest BCUT2D eigenvalue weighted by atomic mass is 9.71. The van der Waals surface area contributed by atoms with E-state index >= 15 is 0 Å². The van der Waals surface area contributed by atoms with Gasteiger partial charge in [-0.3, -0.25) is 24.0 Å². The molecule has 0 fully saturated rings. The molecule has 10 heteroatoms. The molecule has 0 heterocycles. The number of benzene rings is 2. The quantitative estimate of drug-likeness (QED) is 0.0639. The van der Waals surface area contributed by atoms with Gasteiger partial charge in [0.25, 0.3) is 0 Å². The second-order valence-electron chi connectivity index (χ2n) is 19.1. The largest absolute Gasteiger partial charge is 0.508 e. The molecule has 2 aliphatic rings. The van der Waals surface area contributed by atoms with Crippen molar-refractivity contribution in [3.05, 3.63) is 183 Å². The number of hydrogen-bond donors (Lipinski definition) is 2. The molecule has 0 aliphatic heterocycles. The van der Waals surface area contributed by atoms with Crippen molar-refractivity contribution in [2.75, 3.05) is 0 Å². The van der Waals surface area contributed by atoms with Gasteiger partial charge in [0.15, 0.2) is 23.8 Å². The molecule has 2 N–H and O–H groups in total. The van der Waals surface area contributed by atoms with Crippen LogP contribution in [0.3, 0.4) is 0 Å². The van der Waals surface area contributed by atoms with Crippen molar-refractivity contribution < 1.29 is 48.4 Å². The zero-order valence-electron chi connectivity index (χ0n) is 42.4. The molecule has 0 amide bonds. The Hall–Kier alpha value is -7.33. The molecule has 2 atom stereocenters. The Morgan fingerprint density at radius 2 is 0.971 bits per heavy atom. The molecule has 70 heavy (non-hydrogen) atoms. The predicted molar refractivity (Wildman–Crippen MR) is 278 cm³/mol. The number of hydrogen-bond acceptors (Lipinski definition) is 10. The minimum Gasteiger partial charge on any atom is -0.508 e. The van der Waals surface area contributed by atoms with Gasteiger partial charge < -0.3 is 24.4 Å². The Bertz CT molecular complexity index is 2670. The maximum atomic E-state index is 13.4. The third-order valence-corrected chi connectivity index (χ3v) is 11.9. The van der Waals surface area contributed by atoms with Crippen LogP contribution >= 0.6 is 0 Å². The van der Waals surface area contributed by atoms with E-state index in [4.69, 9.17) is 14.2 Å². The van der Waals surface area contributed by atoms with Crippen molar-refractivity contribution >= 4 is 41.6 Å². The van der Waals surface area contributed by atoms with E-state index in [0.29, 0.717) is 35.3 Å². The van der Waals surface area contributed by atoms with Crippen molar-refractivity contribution in [1.82, 2.24) is 0 Å². The van der Waals surface area contributed by atoms with Crippen LogP contribution in [-0.2, 0) is 33.4 Å². The van der Waals surface area contributed by atoms with E-state index in [9.17, 15) is 34.2 Å². The summed E-state index contributed by atoms with van der Waals surface area (Å²) in [5, 5.41) is 19.3. The number of ether oxygens (including phenoxy) is 3. The minimum absolute atomic E-state index is 0.0496. The summed E-state index contributed by atoms with van der Waals surface area (Å²) in [5.41, 5.74) is 7.77. The molecule has 0 bridgehead atoms. The molecular weight excluding hydrogens is 881 g/mol. The summed E-state index contributed by atoms with van der Waals surface area (Å²) >= 11 is 0. The van der Waals surface area contributed by atoms with E-state index in [1.54, 1.807) is 50.3 Å². The summed E-state index contributed by atoms with van der Waals surface area (Å²) in [7, 11) is 0. The van der Waals surface area contributed by atoms with E-state index in [2.05, 4.69) is 13.8 Å². The first-order chi connectivity index (χ1) is 32.9. The fraction of sp³-hybridized carbons (Fsp3) is 0.317. The number of allylic oxidation sites excluding steroid dienone is 20. The fourth-order valence-corrected chi connectivity index (χ4v) is 8.12. The van der Waals surface area contributed by atoms with Gasteiger partial charge in [0.05, 0.1) is 12.8 Å². The van der Waals surface area contributed by atoms with Gasteiger partial charge in [0.2, 0.25) is 0 Å². The van der Waals surface area contributed by atoms with Crippen LogP contribution in [0.2, 0.25) is 0 Å². The van der Waals surface area contributed by atoms with Crippen molar-refractivity contribution in [3.8, 4) is 17.2 Å². The predicted octanol–water partition coefficient (Wildman–Crippen LogP) is 13.0. The molecular formula is C60H68O10. The number of rotatable bonds is 18. The highest BCUT2D eigenvalue weighted by Gasteiger charge is 2.41. The number of carbonyl (C=O) groups is 5. The molecule has 0 spiro atoms. The molecule has 0 aromatic heterocycles. The summed E-state index contributed by atoms with van der Waals surface area (Å²) in [6.07, 6.45) is 30.1. The van der Waals surface area contributed by atoms with Gasteiger partial charge in [-0.1, -0.05) is 159 Å². The van der Waals surface area contributed by atoms with Crippen LogP contribution in [0, 0.1) is 10.8 Å². The van der Waals surface area contributed by atoms with E-state index < -0.39 is 35.5 Å². The Morgan fingerprint density at radius 1 is 0.557 bits per heavy atom. The summed E-state index contributed by atoms with van der Waals surface area (Å²) in [4.78, 5) is 63.1. The Balaban J connectivity index is 1.23. The zero-order chi connectivity index (χ0) is 51.8. The van der Waals surface area contributed by atoms with Gasteiger partial charge in [0.1, 0.15) is 17.2 Å². The molecule has 0 saturated heterocycles. The fourth-order valence-electron chi connectivity index (χ4n) is 8.12. The Morgan fingerprint density at radius 3 is 1.44 bits per heavy atom. The van der Waals surface area contributed by atoms with Gasteiger partial charge in [-0.15, -0.1) is 0 Å². The van der Waals surface area contributed by atoms with Crippen LogP contribution in [0.1, 0.15) is 113 Å². The number of carbonyl (C=O) groups excluding carboxylic acids is 5. The zero-order valence-corrected chi connectivity index (χ0v) is 42.4. The van der Waals surface area contributed by atoms with Crippen LogP contribution in [0.5, 0.6) is 17.2 Å². The third kappa shape index (κ3) is 17.3. The van der Waals surface area contributed by atoms with Crippen LogP contribution in [0.4, 0.5) is 0 Å². The van der Waals surface area contributed by atoms with E-state index in [-0.39, 0.29) is 41.3 Å². The summed E-state index contributed by atoms with van der Waals surface area (Å²) in [6, 6.07) is 11.0. The number of esters is 3. The van der Waals surface area contributed by atoms with Gasteiger partial charge in [-0.25, -0.2) is 0 Å². The molecule has 368 valence electrons. The first kappa shape index (κ1) is 55.3. The first-order valence-electron chi connectivity index (χ1n) is 23.4. The molecule has 2 unspecified atom stereocenters. The van der Waals surface area contributed by atoms with E-state index in [1.807, 2.05) is 127 Å². The lowest BCUT2D eigenvalue weighted by Crippen LogP contribution is -2.39. The topological polar surface area (TPSA) is 154 Å². The van der Waals surface area contributed by atoms with Gasteiger partial charge in [-0.05, 0) is 110 Å². The molecule has 0 saturated carbocycles. The standard InChI is InChI=1S/C60H68O10/c1-39(18-14-20-41(3)22-30-51-43(5)57(66)53(68-45(7)61)37-59(51,8)9)16-12-13-17-40(2)19-15-21-42(4)23-31-52-44(6)58(67)54(38-60(52,10)11)70-56(65)33-32-55(64)69-50-28-26-46(27-29-50)24-25-47-34-48(62)36-49(63)35-47/h12-31,34-36,53-54,62-63H,32-33,37-38H2,1-11H3. The number of aromatic hydroxyl groups is 2. The van der Waals surface area contributed by atoms with Crippen molar-refractivity contribution in [1.29, 1.82) is 0 Å².